The molecule has 2 fully saturated rings. The molecular weight excluding hydrogens is 579 g/mol. The van der Waals surface area contributed by atoms with E-state index >= 15 is 4.39 Å². The van der Waals surface area contributed by atoms with E-state index < -0.39 is 17.2 Å². The number of hydrogen-bond acceptors (Lipinski definition) is 7. The quantitative estimate of drug-likeness (QED) is 0.302. The number of anilines is 2. The third-order valence-corrected chi connectivity index (χ3v) is 8.63. The van der Waals surface area contributed by atoms with Crippen molar-refractivity contribution in [2.24, 2.45) is 5.92 Å². The molecule has 0 unspecified atom stereocenters. The van der Waals surface area contributed by atoms with E-state index in [1.807, 2.05) is 9.47 Å². The van der Waals surface area contributed by atoms with E-state index in [4.69, 9.17) is 11.6 Å². The van der Waals surface area contributed by atoms with Gasteiger partial charge in [0.05, 0.1) is 11.2 Å². The zero-order valence-electron chi connectivity index (χ0n) is 23.3. The van der Waals surface area contributed by atoms with E-state index in [2.05, 4.69) is 29.4 Å². The third-order valence-electron chi connectivity index (χ3n) is 7.53. The third kappa shape index (κ3) is 5.76. The second kappa shape index (κ2) is 11.4. The number of carbonyl (C=O) groups is 2. The summed E-state index contributed by atoms with van der Waals surface area (Å²) in [6, 6.07) is 9.89. The van der Waals surface area contributed by atoms with Crippen LogP contribution in [0.15, 0.2) is 47.4 Å². The van der Waals surface area contributed by atoms with Crippen LogP contribution in [0.5, 0.6) is 0 Å². The lowest BCUT2D eigenvalue weighted by Gasteiger charge is -2.36. The number of aromatic nitrogens is 3. The Labute approximate surface area is 250 Å². The second-order valence-corrected chi connectivity index (χ2v) is 12.7. The maximum absolute atomic E-state index is 15.6. The Morgan fingerprint density at radius 3 is 2.57 bits per heavy atom. The number of hydrogen-bond donors (Lipinski definition) is 1. The van der Waals surface area contributed by atoms with Crippen LogP contribution in [-0.2, 0) is 6.42 Å². The van der Waals surface area contributed by atoms with E-state index in [1.54, 1.807) is 41.4 Å². The summed E-state index contributed by atoms with van der Waals surface area (Å²) in [7, 11) is 0. The summed E-state index contributed by atoms with van der Waals surface area (Å²) >= 11 is 7.33. The molecular formula is C30H30ClFN6O3S. The molecule has 2 aromatic heterocycles. The average Bonchev–Trinajstić information content (AvgIpc) is 3.72. The predicted octanol–water partition coefficient (Wildman–Crippen LogP) is 5.39. The van der Waals surface area contributed by atoms with Crippen molar-refractivity contribution in [2.75, 3.05) is 36.4 Å². The molecule has 2 aliphatic rings. The van der Waals surface area contributed by atoms with Crippen LogP contribution in [-0.4, -0.2) is 57.7 Å². The minimum atomic E-state index is -0.589. The fourth-order valence-corrected chi connectivity index (χ4v) is 6.41. The van der Waals surface area contributed by atoms with Gasteiger partial charge in [0.15, 0.2) is 0 Å². The van der Waals surface area contributed by atoms with Crippen LogP contribution in [0.25, 0.3) is 10.9 Å². The Balaban J connectivity index is 1.25. The fraction of sp³-hybridized carbons (Fsp3) is 0.367. The molecule has 2 amide bonds. The minimum absolute atomic E-state index is 0.0599. The van der Waals surface area contributed by atoms with E-state index in [-0.39, 0.29) is 22.9 Å². The summed E-state index contributed by atoms with van der Waals surface area (Å²) in [5.41, 5.74) is 0.880. The van der Waals surface area contributed by atoms with Gasteiger partial charge in [-0.1, -0.05) is 42.9 Å². The molecule has 218 valence electrons. The number of halogens is 2. The van der Waals surface area contributed by atoms with Crippen molar-refractivity contribution in [3.05, 3.63) is 79.8 Å². The van der Waals surface area contributed by atoms with Crippen LogP contribution in [0, 0.1) is 11.7 Å². The number of benzene rings is 2. The lowest BCUT2D eigenvalue weighted by atomic mass is 10.1. The van der Waals surface area contributed by atoms with Crippen LogP contribution in [0.1, 0.15) is 58.5 Å². The monoisotopic (exact) mass is 608 g/mol. The molecule has 9 nitrogen and oxygen atoms in total. The highest BCUT2D eigenvalue weighted by Gasteiger charge is 2.29. The number of amides is 2. The van der Waals surface area contributed by atoms with Crippen LogP contribution < -0.4 is 15.6 Å². The number of fused-ring (bicyclic) bond motifs is 1. The van der Waals surface area contributed by atoms with E-state index in [9.17, 15) is 14.4 Å². The summed E-state index contributed by atoms with van der Waals surface area (Å²) in [5.74, 6) is -0.855. The largest absolute Gasteiger partial charge is 0.366 e. The highest BCUT2D eigenvalue weighted by molar-refractivity contribution is 7.15. The van der Waals surface area contributed by atoms with Crippen molar-refractivity contribution < 1.29 is 14.0 Å². The highest BCUT2D eigenvalue weighted by atomic mass is 35.5. The van der Waals surface area contributed by atoms with Crippen LogP contribution >= 0.6 is 22.9 Å². The molecule has 3 heterocycles. The maximum atomic E-state index is 15.6. The van der Waals surface area contributed by atoms with E-state index in [1.165, 1.54) is 17.4 Å². The lowest BCUT2D eigenvalue weighted by molar-refractivity contribution is 0.0746. The standard InChI is InChI=1S/C30H30ClFN6O3S/c1-17(2)12-26-34-35-30(42-26)33-28(40)22-16-38(20-6-7-20)24-15-25(23(32)14-21(24)27(22)39)36-8-10-37(11-9-36)29(41)18-4-3-5-19(31)13-18/h3-5,13-17,20H,6-12H2,1-2H3,(H,33,35,40). The van der Waals surface area contributed by atoms with Gasteiger partial charge in [-0.3, -0.25) is 19.7 Å². The molecule has 4 aromatic rings. The van der Waals surface area contributed by atoms with Crippen molar-refractivity contribution >= 4 is 56.5 Å². The van der Waals surface area contributed by atoms with Gasteiger partial charge in [-0.15, -0.1) is 10.2 Å². The van der Waals surface area contributed by atoms with Gasteiger partial charge in [-0.25, -0.2) is 4.39 Å². The number of piperazine rings is 1. The Morgan fingerprint density at radius 2 is 1.88 bits per heavy atom. The summed E-state index contributed by atoms with van der Waals surface area (Å²) < 4.78 is 17.5. The Bertz CT molecular complexity index is 1740. The lowest BCUT2D eigenvalue weighted by Crippen LogP contribution is -2.49. The van der Waals surface area contributed by atoms with Gasteiger partial charge in [0.1, 0.15) is 16.4 Å². The molecule has 12 heteroatoms. The molecule has 0 spiro atoms. The summed E-state index contributed by atoms with van der Waals surface area (Å²) in [5, 5.41) is 12.6. The first-order valence-electron chi connectivity index (χ1n) is 14.0. The summed E-state index contributed by atoms with van der Waals surface area (Å²) in [6.07, 6.45) is 4.14. The topological polar surface area (TPSA) is 100 Å². The molecule has 1 aliphatic heterocycles. The number of pyridine rings is 1. The van der Waals surface area contributed by atoms with Crippen molar-refractivity contribution in [1.82, 2.24) is 19.7 Å². The van der Waals surface area contributed by atoms with Gasteiger partial charge in [0, 0.05) is 60.8 Å². The molecule has 1 aliphatic carbocycles. The first-order valence-corrected chi connectivity index (χ1v) is 15.2. The van der Waals surface area contributed by atoms with Crippen LogP contribution in [0.4, 0.5) is 15.2 Å². The normalized spacial score (nSPS) is 15.5. The first-order chi connectivity index (χ1) is 20.2. The van der Waals surface area contributed by atoms with Gasteiger partial charge in [-0.05, 0) is 49.1 Å². The zero-order valence-corrected chi connectivity index (χ0v) is 24.8. The predicted molar refractivity (Wildman–Crippen MR) is 162 cm³/mol. The molecule has 1 saturated carbocycles. The van der Waals surface area contributed by atoms with Crippen molar-refractivity contribution in [1.29, 1.82) is 0 Å². The molecule has 0 bridgehead atoms. The highest BCUT2D eigenvalue weighted by Crippen LogP contribution is 2.38. The zero-order chi connectivity index (χ0) is 29.5. The Hall–Kier alpha value is -3.83. The molecule has 6 rings (SSSR count). The molecule has 2 aromatic carbocycles. The number of nitrogens with zero attached hydrogens (tertiary/aromatic N) is 5. The Kier molecular flexibility index (Phi) is 7.71. The van der Waals surface area contributed by atoms with Crippen molar-refractivity contribution in [2.45, 2.75) is 39.2 Å². The molecule has 1 saturated heterocycles. The van der Waals surface area contributed by atoms with Crippen molar-refractivity contribution in [3.8, 4) is 0 Å². The molecule has 0 atom stereocenters. The van der Waals surface area contributed by atoms with Gasteiger partial charge in [-0.2, -0.15) is 0 Å². The molecule has 42 heavy (non-hydrogen) atoms. The SMILES string of the molecule is CC(C)Cc1nnc(NC(=O)c2cn(C3CC3)c3cc(N4CCN(C(=O)c5cccc(Cl)c5)CC4)c(F)cc3c2=O)s1. The molecule has 1 N–H and O–H groups in total. The van der Waals surface area contributed by atoms with Gasteiger partial charge >= 0.3 is 0 Å². The van der Waals surface area contributed by atoms with Crippen LogP contribution in [0.2, 0.25) is 5.02 Å². The Morgan fingerprint density at radius 1 is 1.12 bits per heavy atom. The van der Waals surface area contributed by atoms with Crippen LogP contribution in [0.3, 0.4) is 0 Å². The number of nitrogens with one attached hydrogen (secondary N) is 1. The number of carbonyl (C=O) groups excluding carboxylic acids is 2. The maximum Gasteiger partial charge on any atom is 0.262 e. The van der Waals surface area contributed by atoms with Crippen molar-refractivity contribution in [3.63, 3.8) is 0 Å². The summed E-state index contributed by atoms with van der Waals surface area (Å²) in [6.45, 7) is 5.85. The van der Waals surface area contributed by atoms with Gasteiger partial charge < -0.3 is 14.4 Å². The summed E-state index contributed by atoms with van der Waals surface area (Å²) in [4.78, 5) is 43.2. The van der Waals surface area contributed by atoms with Gasteiger partial charge in [0.2, 0.25) is 10.6 Å². The number of rotatable bonds is 7. The minimum Gasteiger partial charge on any atom is -0.366 e. The fourth-order valence-electron chi connectivity index (χ4n) is 5.27. The first kappa shape index (κ1) is 28.3. The molecule has 0 radical (unpaired) electrons. The second-order valence-electron chi connectivity index (χ2n) is 11.2. The average molecular weight is 609 g/mol. The van der Waals surface area contributed by atoms with E-state index in [0.717, 1.165) is 24.3 Å². The smallest absolute Gasteiger partial charge is 0.262 e. The van der Waals surface area contributed by atoms with Gasteiger partial charge in [0.25, 0.3) is 11.8 Å². The van der Waals surface area contributed by atoms with E-state index in [0.29, 0.717) is 59.0 Å².